The molecule has 0 aliphatic carbocycles. The molecule has 2 N–H and O–H groups in total. The molecule has 88 valence electrons. The van der Waals surface area contributed by atoms with Crippen molar-refractivity contribution in [2.75, 3.05) is 5.73 Å². The Kier molecular flexibility index (Phi) is 3.51. The molecule has 3 nitrogen and oxygen atoms in total. The van der Waals surface area contributed by atoms with Gasteiger partial charge in [0.2, 0.25) is 0 Å². The van der Waals surface area contributed by atoms with Gasteiger partial charge in [0.1, 0.15) is 5.82 Å². The number of aromatic nitrogens is 1. The second kappa shape index (κ2) is 4.51. The summed E-state index contributed by atoms with van der Waals surface area (Å²) in [5, 5.41) is 0. The molecule has 0 aliphatic rings. The van der Waals surface area contributed by atoms with Crippen LogP contribution in [0.1, 0.15) is 28.8 Å². The molecule has 0 amide bonds. The fourth-order valence-electron chi connectivity index (χ4n) is 1.32. The van der Waals surface area contributed by atoms with Crippen LogP contribution in [0.3, 0.4) is 0 Å². The first-order chi connectivity index (χ1) is 7.31. The zero-order chi connectivity index (χ0) is 12.3. The SMILES string of the molecule is Cc1ccnc(N)c1C(=O)CCC(F)(F)F. The van der Waals surface area contributed by atoms with Crippen LogP contribution in [0.25, 0.3) is 0 Å². The van der Waals surface area contributed by atoms with Gasteiger partial charge in [0, 0.05) is 12.6 Å². The maximum atomic E-state index is 11.9. The molecular weight excluding hydrogens is 221 g/mol. The van der Waals surface area contributed by atoms with Gasteiger partial charge in [-0.25, -0.2) is 4.98 Å². The minimum Gasteiger partial charge on any atom is -0.383 e. The highest BCUT2D eigenvalue weighted by atomic mass is 19.4. The average Bonchev–Trinajstić information content (AvgIpc) is 2.13. The number of nitrogens with two attached hydrogens (primary N) is 1. The third-order valence-corrected chi connectivity index (χ3v) is 2.10. The number of anilines is 1. The number of nitrogens with zero attached hydrogens (tertiary/aromatic N) is 1. The lowest BCUT2D eigenvalue weighted by atomic mass is 10.0. The number of nitrogen functional groups attached to an aromatic ring is 1. The van der Waals surface area contributed by atoms with E-state index >= 15 is 0 Å². The molecule has 0 saturated heterocycles. The predicted octanol–water partition coefficient (Wildman–Crippen LogP) is 2.50. The zero-order valence-corrected chi connectivity index (χ0v) is 8.64. The lowest BCUT2D eigenvalue weighted by molar-refractivity contribution is -0.133. The first kappa shape index (κ1) is 12.5. The van der Waals surface area contributed by atoms with Crippen LogP contribution in [-0.4, -0.2) is 16.9 Å². The van der Waals surface area contributed by atoms with E-state index in [1.165, 1.54) is 12.3 Å². The summed E-state index contributed by atoms with van der Waals surface area (Å²) in [6, 6.07) is 1.54. The molecule has 0 bridgehead atoms. The number of carbonyl (C=O) groups is 1. The lowest BCUT2D eigenvalue weighted by Crippen LogP contribution is -2.13. The summed E-state index contributed by atoms with van der Waals surface area (Å²) in [5.74, 6) is -0.646. The molecule has 0 unspecified atom stereocenters. The third-order valence-electron chi connectivity index (χ3n) is 2.10. The molecule has 0 radical (unpaired) electrons. The molecule has 0 saturated carbocycles. The first-order valence-corrected chi connectivity index (χ1v) is 4.62. The summed E-state index contributed by atoms with van der Waals surface area (Å²) in [6.07, 6.45) is -4.66. The van der Waals surface area contributed by atoms with E-state index in [4.69, 9.17) is 5.73 Å². The maximum Gasteiger partial charge on any atom is 0.389 e. The average molecular weight is 232 g/mol. The number of rotatable bonds is 3. The van der Waals surface area contributed by atoms with Gasteiger partial charge in [0.15, 0.2) is 5.78 Å². The highest BCUT2D eigenvalue weighted by Crippen LogP contribution is 2.24. The van der Waals surface area contributed by atoms with Gasteiger partial charge in [-0.2, -0.15) is 13.2 Å². The Balaban J connectivity index is 2.81. The number of Topliss-reactive ketones (excluding diaryl/α,β-unsaturated/α-hetero) is 1. The van der Waals surface area contributed by atoms with Crippen LogP contribution < -0.4 is 5.73 Å². The van der Waals surface area contributed by atoms with Gasteiger partial charge in [-0.3, -0.25) is 4.79 Å². The van der Waals surface area contributed by atoms with E-state index in [0.29, 0.717) is 5.56 Å². The van der Waals surface area contributed by atoms with Crippen molar-refractivity contribution < 1.29 is 18.0 Å². The number of carbonyl (C=O) groups excluding carboxylic acids is 1. The minimum atomic E-state index is -4.33. The largest absolute Gasteiger partial charge is 0.389 e. The van der Waals surface area contributed by atoms with Crippen molar-refractivity contribution >= 4 is 11.6 Å². The molecule has 0 spiro atoms. The summed E-state index contributed by atoms with van der Waals surface area (Å²) < 4.78 is 35.8. The molecule has 16 heavy (non-hydrogen) atoms. The van der Waals surface area contributed by atoms with Crippen molar-refractivity contribution in [3.63, 3.8) is 0 Å². The van der Waals surface area contributed by atoms with Gasteiger partial charge >= 0.3 is 6.18 Å². The maximum absolute atomic E-state index is 11.9. The van der Waals surface area contributed by atoms with Crippen molar-refractivity contribution in [1.29, 1.82) is 0 Å². The number of ketones is 1. The summed E-state index contributed by atoms with van der Waals surface area (Å²) in [5.41, 5.74) is 6.08. The number of hydrogen-bond acceptors (Lipinski definition) is 3. The second-order valence-corrected chi connectivity index (χ2v) is 3.43. The fraction of sp³-hybridized carbons (Fsp3) is 0.400. The van der Waals surface area contributed by atoms with Gasteiger partial charge in [-0.15, -0.1) is 0 Å². The molecule has 1 aromatic rings. The Bertz CT molecular complexity index is 381. The Morgan fingerprint density at radius 2 is 2.12 bits per heavy atom. The molecule has 0 fully saturated rings. The number of halogens is 3. The van der Waals surface area contributed by atoms with E-state index in [1.807, 2.05) is 0 Å². The molecule has 0 aliphatic heterocycles. The summed E-state index contributed by atoms with van der Waals surface area (Å²) in [4.78, 5) is 15.2. The molecule has 6 heteroatoms. The van der Waals surface area contributed by atoms with Gasteiger partial charge in [-0.1, -0.05) is 0 Å². The monoisotopic (exact) mass is 232 g/mol. The van der Waals surface area contributed by atoms with E-state index in [1.54, 1.807) is 6.92 Å². The van der Waals surface area contributed by atoms with Gasteiger partial charge < -0.3 is 5.73 Å². The van der Waals surface area contributed by atoms with E-state index < -0.39 is 24.8 Å². The number of pyridine rings is 1. The summed E-state index contributed by atoms with van der Waals surface area (Å²) >= 11 is 0. The topological polar surface area (TPSA) is 56.0 Å². The van der Waals surface area contributed by atoms with E-state index in [-0.39, 0.29) is 11.4 Å². The van der Waals surface area contributed by atoms with Crippen LogP contribution >= 0.6 is 0 Å². The van der Waals surface area contributed by atoms with Crippen molar-refractivity contribution in [3.05, 3.63) is 23.4 Å². The number of aryl methyl sites for hydroxylation is 1. The van der Waals surface area contributed by atoms with Gasteiger partial charge in [0.25, 0.3) is 0 Å². The predicted molar refractivity (Wildman–Crippen MR) is 53.0 cm³/mol. The van der Waals surface area contributed by atoms with E-state index in [0.717, 1.165) is 0 Å². The Morgan fingerprint density at radius 3 is 2.62 bits per heavy atom. The second-order valence-electron chi connectivity index (χ2n) is 3.43. The smallest absolute Gasteiger partial charge is 0.383 e. The Labute approximate surface area is 90.5 Å². The summed E-state index contributed by atoms with van der Waals surface area (Å²) in [6.45, 7) is 1.61. The van der Waals surface area contributed by atoms with Crippen molar-refractivity contribution in [2.45, 2.75) is 25.9 Å². The van der Waals surface area contributed by atoms with Crippen LogP contribution in [0.5, 0.6) is 0 Å². The third kappa shape index (κ3) is 3.22. The minimum absolute atomic E-state index is 0.0211. The van der Waals surface area contributed by atoms with Crippen LogP contribution in [0.15, 0.2) is 12.3 Å². The molecule has 0 aromatic carbocycles. The van der Waals surface area contributed by atoms with E-state index in [9.17, 15) is 18.0 Å². The van der Waals surface area contributed by atoms with E-state index in [2.05, 4.69) is 4.98 Å². The highest BCUT2D eigenvalue weighted by Gasteiger charge is 2.28. The summed E-state index contributed by atoms with van der Waals surface area (Å²) in [7, 11) is 0. The molecule has 1 rings (SSSR count). The zero-order valence-electron chi connectivity index (χ0n) is 8.64. The van der Waals surface area contributed by atoms with Crippen LogP contribution in [-0.2, 0) is 0 Å². The van der Waals surface area contributed by atoms with Crippen LogP contribution in [0, 0.1) is 6.92 Å². The first-order valence-electron chi connectivity index (χ1n) is 4.62. The van der Waals surface area contributed by atoms with Gasteiger partial charge in [0.05, 0.1) is 12.0 Å². The molecule has 1 heterocycles. The Hall–Kier alpha value is -1.59. The normalized spacial score (nSPS) is 11.5. The Morgan fingerprint density at radius 1 is 1.50 bits per heavy atom. The lowest BCUT2D eigenvalue weighted by Gasteiger charge is -2.08. The van der Waals surface area contributed by atoms with Gasteiger partial charge in [-0.05, 0) is 18.6 Å². The van der Waals surface area contributed by atoms with Crippen LogP contribution in [0.4, 0.5) is 19.0 Å². The quantitative estimate of drug-likeness (QED) is 0.814. The highest BCUT2D eigenvalue weighted by molar-refractivity contribution is 6.01. The standard InChI is InChI=1S/C10H11F3N2O/c1-6-3-5-15-9(14)8(6)7(16)2-4-10(11,12)13/h3,5H,2,4H2,1H3,(H2,14,15). The molecule has 0 atom stereocenters. The number of hydrogen-bond donors (Lipinski definition) is 1. The van der Waals surface area contributed by atoms with Crippen LogP contribution in [0.2, 0.25) is 0 Å². The van der Waals surface area contributed by atoms with Crippen molar-refractivity contribution in [2.24, 2.45) is 0 Å². The van der Waals surface area contributed by atoms with Crippen molar-refractivity contribution in [3.8, 4) is 0 Å². The van der Waals surface area contributed by atoms with Crippen molar-refractivity contribution in [1.82, 2.24) is 4.98 Å². The molecular formula is C10H11F3N2O. The molecule has 1 aromatic heterocycles. The fourth-order valence-corrected chi connectivity index (χ4v) is 1.32. The number of alkyl halides is 3.